The van der Waals surface area contributed by atoms with Gasteiger partial charge in [-0.15, -0.1) is 0 Å². The van der Waals surface area contributed by atoms with Gasteiger partial charge in [-0.3, -0.25) is 9.59 Å². The van der Waals surface area contributed by atoms with Crippen LogP contribution in [0.15, 0.2) is 53.1 Å². The third-order valence-electron chi connectivity index (χ3n) is 4.51. The molecule has 25 heavy (non-hydrogen) atoms. The summed E-state index contributed by atoms with van der Waals surface area (Å²) in [7, 11) is 0. The highest BCUT2D eigenvalue weighted by Gasteiger charge is 2.28. The number of carbonyl (C=O) groups excluding carboxylic acids is 2. The Morgan fingerprint density at radius 3 is 2.52 bits per heavy atom. The first-order valence-electron chi connectivity index (χ1n) is 8.48. The highest BCUT2D eigenvalue weighted by Crippen LogP contribution is 2.20. The number of furan rings is 1. The Morgan fingerprint density at radius 2 is 1.88 bits per heavy atom. The second-order valence-electron chi connectivity index (χ2n) is 6.21. The van der Waals surface area contributed by atoms with Crippen LogP contribution in [0.2, 0.25) is 0 Å². The van der Waals surface area contributed by atoms with Gasteiger partial charge in [-0.1, -0.05) is 18.2 Å². The molecule has 0 spiro atoms. The first-order valence-corrected chi connectivity index (χ1v) is 8.48. The molecule has 2 heterocycles. The molecule has 2 aromatic rings. The number of likely N-dealkylation sites (tertiary alicyclic amines) is 1. The summed E-state index contributed by atoms with van der Waals surface area (Å²) in [6, 6.07) is 12.5. The summed E-state index contributed by atoms with van der Waals surface area (Å²) in [6.45, 7) is 1.24. The van der Waals surface area contributed by atoms with Crippen molar-refractivity contribution in [1.82, 2.24) is 10.2 Å². The number of benzene rings is 1. The first kappa shape index (κ1) is 17.2. The minimum atomic E-state index is -0.848. The normalized spacial score (nSPS) is 16.4. The van der Waals surface area contributed by atoms with Crippen molar-refractivity contribution in [3.8, 4) is 0 Å². The van der Waals surface area contributed by atoms with E-state index in [-0.39, 0.29) is 24.3 Å². The molecule has 1 aliphatic rings. The summed E-state index contributed by atoms with van der Waals surface area (Å²) in [6.07, 6.45) is 1.89. The smallest absolute Gasteiger partial charge is 0.253 e. The van der Waals surface area contributed by atoms with Crippen molar-refractivity contribution in [2.24, 2.45) is 5.92 Å². The summed E-state index contributed by atoms with van der Waals surface area (Å²) in [5, 5.41) is 12.7. The van der Waals surface area contributed by atoms with Crippen LogP contribution in [-0.2, 0) is 4.79 Å². The van der Waals surface area contributed by atoms with E-state index in [1.165, 1.54) is 6.26 Å². The van der Waals surface area contributed by atoms with Gasteiger partial charge in [0.25, 0.3) is 5.91 Å². The number of hydrogen-bond donors (Lipinski definition) is 2. The highest BCUT2D eigenvalue weighted by molar-refractivity contribution is 5.94. The molecule has 1 aliphatic heterocycles. The molecule has 1 fully saturated rings. The Morgan fingerprint density at radius 1 is 1.16 bits per heavy atom. The Balaban J connectivity index is 1.45. The average Bonchev–Trinajstić information content (AvgIpc) is 3.21. The van der Waals surface area contributed by atoms with Gasteiger partial charge in [0, 0.05) is 24.6 Å². The van der Waals surface area contributed by atoms with Crippen LogP contribution in [0.5, 0.6) is 0 Å². The SMILES string of the molecule is O=C(NC[C@H](O)c1ccco1)C1CCN(C(=O)c2ccccc2)CC1. The molecule has 1 aromatic carbocycles. The molecule has 2 N–H and O–H groups in total. The number of aliphatic hydroxyl groups excluding tert-OH is 1. The van der Waals surface area contributed by atoms with E-state index in [0.717, 1.165) is 0 Å². The van der Waals surface area contributed by atoms with Crippen LogP contribution < -0.4 is 5.32 Å². The van der Waals surface area contributed by atoms with Gasteiger partial charge in [0.2, 0.25) is 5.91 Å². The lowest BCUT2D eigenvalue weighted by Gasteiger charge is -2.31. The van der Waals surface area contributed by atoms with Gasteiger partial charge in [-0.25, -0.2) is 0 Å². The zero-order valence-electron chi connectivity index (χ0n) is 13.9. The molecule has 1 atom stereocenters. The van der Waals surface area contributed by atoms with Crippen molar-refractivity contribution in [3.05, 3.63) is 60.1 Å². The highest BCUT2D eigenvalue weighted by atomic mass is 16.4. The van der Waals surface area contributed by atoms with Crippen molar-refractivity contribution < 1.29 is 19.1 Å². The lowest BCUT2D eigenvalue weighted by Crippen LogP contribution is -2.43. The molecule has 0 radical (unpaired) electrons. The van der Waals surface area contributed by atoms with Gasteiger partial charge in [-0.2, -0.15) is 0 Å². The van der Waals surface area contributed by atoms with Crippen LogP contribution in [0.1, 0.15) is 35.1 Å². The molecule has 6 nitrogen and oxygen atoms in total. The maximum Gasteiger partial charge on any atom is 0.253 e. The standard InChI is InChI=1S/C19H22N2O4/c22-16(17-7-4-12-25-17)13-20-18(23)14-8-10-21(11-9-14)19(24)15-5-2-1-3-6-15/h1-7,12,14,16,22H,8-11,13H2,(H,20,23)/t16-/m0/s1. The van der Waals surface area contributed by atoms with E-state index in [0.29, 0.717) is 37.3 Å². The van der Waals surface area contributed by atoms with E-state index >= 15 is 0 Å². The lowest BCUT2D eigenvalue weighted by molar-refractivity contribution is -0.126. The Hall–Kier alpha value is -2.60. The maximum absolute atomic E-state index is 12.4. The van der Waals surface area contributed by atoms with Crippen molar-refractivity contribution >= 4 is 11.8 Å². The summed E-state index contributed by atoms with van der Waals surface area (Å²) in [5.74, 6) is 0.220. The third kappa shape index (κ3) is 4.28. The maximum atomic E-state index is 12.4. The van der Waals surface area contributed by atoms with Crippen LogP contribution in [-0.4, -0.2) is 41.5 Å². The van der Waals surface area contributed by atoms with Gasteiger partial charge < -0.3 is 19.7 Å². The molecule has 1 aromatic heterocycles. The Bertz CT molecular complexity index is 691. The molecule has 0 aliphatic carbocycles. The number of carbonyl (C=O) groups is 2. The van der Waals surface area contributed by atoms with Crippen molar-refractivity contribution in [3.63, 3.8) is 0 Å². The molecule has 1 saturated heterocycles. The Kier molecular flexibility index (Phi) is 5.50. The molecule has 0 bridgehead atoms. The van der Waals surface area contributed by atoms with Gasteiger partial charge in [-0.05, 0) is 37.1 Å². The molecule has 6 heteroatoms. The number of nitrogens with one attached hydrogen (secondary N) is 1. The minimum absolute atomic E-state index is 0.00713. The molecule has 0 unspecified atom stereocenters. The summed E-state index contributed by atoms with van der Waals surface area (Å²) < 4.78 is 5.11. The van der Waals surface area contributed by atoms with Crippen LogP contribution in [0.3, 0.4) is 0 Å². The number of hydrogen-bond acceptors (Lipinski definition) is 4. The van der Waals surface area contributed by atoms with E-state index in [2.05, 4.69) is 5.32 Å². The predicted octanol–water partition coefficient (Wildman–Crippen LogP) is 1.98. The summed E-state index contributed by atoms with van der Waals surface area (Å²) in [4.78, 5) is 26.5. The fraction of sp³-hybridized carbons (Fsp3) is 0.368. The van der Waals surface area contributed by atoms with Crippen LogP contribution in [0.25, 0.3) is 0 Å². The van der Waals surface area contributed by atoms with E-state index < -0.39 is 6.10 Å². The lowest BCUT2D eigenvalue weighted by atomic mass is 9.95. The number of amides is 2. The van der Waals surface area contributed by atoms with Crippen molar-refractivity contribution in [2.75, 3.05) is 19.6 Å². The van der Waals surface area contributed by atoms with Gasteiger partial charge in [0.05, 0.1) is 12.8 Å². The van der Waals surface area contributed by atoms with Crippen LogP contribution >= 0.6 is 0 Å². The fourth-order valence-electron chi connectivity index (χ4n) is 3.03. The summed E-state index contributed by atoms with van der Waals surface area (Å²) >= 11 is 0. The topological polar surface area (TPSA) is 82.8 Å². The van der Waals surface area contributed by atoms with E-state index in [1.54, 1.807) is 29.2 Å². The van der Waals surface area contributed by atoms with Gasteiger partial charge in [0.1, 0.15) is 11.9 Å². The number of nitrogens with zero attached hydrogens (tertiary/aromatic N) is 1. The first-order chi connectivity index (χ1) is 12.1. The number of aliphatic hydroxyl groups is 1. The van der Waals surface area contributed by atoms with E-state index in [4.69, 9.17) is 4.42 Å². The molecule has 0 saturated carbocycles. The zero-order chi connectivity index (χ0) is 17.6. The van der Waals surface area contributed by atoms with Crippen LogP contribution in [0, 0.1) is 5.92 Å². The number of piperidine rings is 1. The van der Waals surface area contributed by atoms with Crippen molar-refractivity contribution in [2.45, 2.75) is 18.9 Å². The zero-order valence-corrected chi connectivity index (χ0v) is 13.9. The van der Waals surface area contributed by atoms with Crippen molar-refractivity contribution in [1.29, 1.82) is 0 Å². The van der Waals surface area contributed by atoms with Gasteiger partial charge >= 0.3 is 0 Å². The fourth-order valence-corrected chi connectivity index (χ4v) is 3.03. The monoisotopic (exact) mass is 342 g/mol. The Labute approximate surface area is 146 Å². The van der Waals surface area contributed by atoms with Gasteiger partial charge in [0.15, 0.2) is 0 Å². The molecule has 132 valence electrons. The van der Waals surface area contributed by atoms with E-state index in [1.807, 2.05) is 18.2 Å². The number of rotatable bonds is 5. The largest absolute Gasteiger partial charge is 0.467 e. The second kappa shape index (κ2) is 7.98. The van der Waals surface area contributed by atoms with E-state index in [9.17, 15) is 14.7 Å². The summed E-state index contributed by atoms with van der Waals surface area (Å²) in [5.41, 5.74) is 0.673. The molecule has 2 amide bonds. The van der Waals surface area contributed by atoms with Crippen LogP contribution in [0.4, 0.5) is 0 Å². The molecular weight excluding hydrogens is 320 g/mol. The second-order valence-corrected chi connectivity index (χ2v) is 6.21. The molecular formula is C19H22N2O4. The average molecular weight is 342 g/mol. The quantitative estimate of drug-likeness (QED) is 0.870. The third-order valence-corrected chi connectivity index (χ3v) is 4.51. The predicted molar refractivity (Wildman–Crippen MR) is 91.7 cm³/mol. The minimum Gasteiger partial charge on any atom is -0.467 e. The molecule has 3 rings (SSSR count).